The predicted molar refractivity (Wildman–Crippen MR) is 62.0 cm³/mol. The fraction of sp³-hybridized carbons (Fsp3) is 0.250. The quantitative estimate of drug-likeness (QED) is 0.871. The van der Waals surface area contributed by atoms with E-state index in [1.807, 2.05) is 25.1 Å². The summed E-state index contributed by atoms with van der Waals surface area (Å²) in [6, 6.07) is 5.69. The fourth-order valence-corrected chi connectivity index (χ4v) is 1.69. The second-order valence-corrected chi connectivity index (χ2v) is 3.85. The van der Waals surface area contributed by atoms with Crippen LogP contribution in [-0.4, -0.2) is 25.6 Å². The third-order valence-electron chi connectivity index (χ3n) is 2.54. The van der Waals surface area contributed by atoms with Gasteiger partial charge >= 0.3 is 5.97 Å². The van der Waals surface area contributed by atoms with E-state index < -0.39 is 5.97 Å². The van der Waals surface area contributed by atoms with Crippen LogP contribution in [-0.2, 0) is 6.54 Å². The van der Waals surface area contributed by atoms with Gasteiger partial charge < -0.3 is 9.67 Å². The number of imidazole rings is 1. The Morgan fingerprint density at radius 3 is 2.82 bits per heavy atom. The topological polar surface area (TPSA) is 68.0 Å². The van der Waals surface area contributed by atoms with Crippen molar-refractivity contribution >= 4 is 5.97 Å². The lowest BCUT2D eigenvalue weighted by Crippen LogP contribution is -2.11. The molecule has 0 aliphatic heterocycles. The largest absolute Gasteiger partial charge is 0.477 e. The summed E-state index contributed by atoms with van der Waals surface area (Å²) >= 11 is 0. The summed E-state index contributed by atoms with van der Waals surface area (Å²) < 4.78 is 1.64. The Morgan fingerprint density at radius 1 is 1.41 bits per heavy atom. The van der Waals surface area contributed by atoms with Crippen molar-refractivity contribution in [1.82, 2.24) is 14.5 Å². The van der Waals surface area contributed by atoms with Gasteiger partial charge in [-0.25, -0.2) is 9.78 Å². The minimum Gasteiger partial charge on any atom is -0.477 e. The molecule has 2 heterocycles. The van der Waals surface area contributed by atoms with E-state index in [-0.39, 0.29) is 5.69 Å². The van der Waals surface area contributed by atoms with E-state index in [1.54, 1.807) is 11.5 Å². The maximum absolute atomic E-state index is 11.0. The molecule has 0 radical (unpaired) electrons. The van der Waals surface area contributed by atoms with Gasteiger partial charge in [-0.1, -0.05) is 6.07 Å². The van der Waals surface area contributed by atoms with Crippen LogP contribution in [0.25, 0.3) is 0 Å². The highest BCUT2D eigenvalue weighted by atomic mass is 16.4. The molecule has 5 nitrogen and oxygen atoms in total. The zero-order valence-corrected chi connectivity index (χ0v) is 9.71. The fourth-order valence-electron chi connectivity index (χ4n) is 1.69. The van der Waals surface area contributed by atoms with Crippen molar-refractivity contribution in [2.45, 2.75) is 20.4 Å². The molecule has 0 saturated carbocycles. The van der Waals surface area contributed by atoms with E-state index in [9.17, 15) is 4.79 Å². The molecule has 2 aromatic heterocycles. The van der Waals surface area contributed by atoms with Gasteiger partial charge in [0.2, 0.25) is 0 Å². The van der Waals surface area contributed by atoms with Crippen LogP contribution >= 0.6 is 0 Å². The van der Waals surface area contributed by atoms with Gasteiger partial charge in [-0.15, -0.1) is 0 Å². The van der Waals surface area contributed by atoms with E-state index in [2.05, 4.69) is 9.97 Å². The van der Waals surface area contributed by atoms with Crippen molar-refractivity contribution in [3.63, 3.8) is 0 Å². The number of carboxylic acid groups (broad SMARTS) is 1. The lowest BCUT2D eigenvalue weighted by atomic mass is 10.3. The maximum atomic E-state index is 11.0. The molecule has 0 unspecified atom stereocenters. The number of rotatable bonds is 3. The third-order valence-corrected chi connectivity index (χ3v) is 2.54. The van der Waals surface area contributed by atoms with Crippen LogP contribution in [0, 0.1) is 13.8 Å². The highest BCUT2D eigenvalue weighted by Gasteiger charge is 2.13. The lowest BCUT2D eigenvalue weighted by Gasteiger charge is -2.07. The molecule has 0 amide bonds. The minimum atomic E-state index is -0.974. The van der Waals surface area contributed by atoms with Gasteiger partial charge in [0.05, 0.1) is 18.4 Å². The average molecular weight is 231 g/mol. The van der Waals surface area contributed by atoms with Gasteiger partial charge in [-0.3, -0.25) is 4.98 Å². The Bertz CT molecular complexity index is 561. The number of hydrogen-bond donors (Lipinski definition) is 1. The van der Waals surface area contributed by atoms with Crippen molar-refractivity contribution in [3.8, 4) is 0 Å². The van der Waals surface area contributed by atoms with Gasteiger partial charge in [0.1, 0.15) is 11.5 Å². The monoisotopic (exact) mass is 231 g/mol. The molecule has 0 atom stereocenters. The Kier molecular flexibility index (Phi) is 2.91. The first kappa shape index (κ1) is 11.3. The summed E-state index contributed by atoms with van der Waals surface area (Å²) in [5.74, 6) is -0.302. The number of aromatic carboxylic acids is 1. The van der Waals surface area contributed by atoms with Crippen LogP contribution in [0.5, 0.6) is 0 Å². The number of carboxylic acids is 1. The van der Waals surface area contributed by atoms with Crippen LogP contribution in [0.4, 0.5) is 0 Å². The average Bonchev–Trinajstić information content (AvgIpc) is 2.61. The number of carbonyl (C=O) groups is 1. The zero-order valence-electron chi connectivity index (χ0n) is 9.71. The van der Waals surface area contributed by atoms with Crippen molar-refractivity contribution in [3.05, 3.63) is 47.3 Å². The number of hydrogen-bond acceptors (Lipinski definition) is 3. The van der Waals surface area contributed by atoms with Crippen molar-refractivity contribution < 1.29 is 9.90 Å². The van der Waals surface area contributed by atoms with E-state index in [0.29, 0.717) is 12.4 Å². The number of nitrogens with zero attached hydrogens (tertiary/aromatic N) is 3. The van der Waals surface area contributed by atoms with Crippen LogP contribution in [0.1, 0.15) is 27.7 Å². The molecule has 1 N–H and O–H groups in total. The summed E-state index contributed by atoms with van der Waals surface area (Å²) in [5.41, 5.74) is 1.93. The van der Waals surface area contributed by atoms with Crippen molar-refractivity contribution in [2.24, 2.45) is 0 Å². The Hall–Kier alpha value is -2.17. The van der Waals surface area contributed by atoms with Gasteiger partial charge in [-0.05, 0) is 26.0 Å². The molecule has 88 valence electrons. The highest BCUT2D eigenvalue weighted by molar-refractivity contribution is 5.85. The molecule has 0 aliphatic rings. The normalized spacial score (nSPS) is 10.5. The predicted octanol–water partition coefficient (Wildman–Crippen LogP) is 1.64. The molecule has 0 fully saturated rings. The molecular weight excluding hydrogens is 218 g/mol. The van der Waals surface area contributed by atoms with Crippen LogP contribution < -0.4 is 0 Å². The molecule has 0 saturated heterocycles. The van der Waals surface area contributed by atoms with E-state index in [4.69, 9.17) is 5.11 Å². The van der Waals surface area contributed by atoms with E-state index in [0.717, 1.165) is 11.4 Å². The summed E-state index contributed by atoms with van der Waals surface area (Å²) in [7, 11) is 0. The van der Waals surface area contributed by atoms with Crippen LogP contribution in [0.2, 0.25) is 0 Å². The number of aryl methyl sites for hydroxylation is 2. The molecule has 0 aliphatic carbocycles. The Balaban J connectivity index is 2.36. The number of pyridine rings is 1. The van der Waals surface area contributed by atoms with Gasteiger partial charge in [0.25, 0.3) is 0 Å². The third kappa shape index (κ3) is 2.33. The number of aromatic nitrogens is 3. The summed E-state index contributed by atoms with van der Waals surface area (Å²) in [5, 5.41) is 9.03. The molecule has 17 heavy (non-hydrogen) atoms. The molecule has 0 aromatic carbocycles. The molecule has 2 aromatic rings. The minimum absolute atomic E-state index is 0.186. The molecule has 2 rings (SSSR count). The first-order valence-corrected chi connectivity index (χ1v) is 5.26. The molecular formula is C12H13N3O2. The van der Waals surface area contributed by atoms with Crippen molar-refractivity contribution in [1.29, 1.82) is 0 Å². The standard InChI is InChI=1S/C12H13N3O2/c1-8-4-3-5-10(14-8)7-15-9(2)13-6-11(15)12(16)17/h3-6H,7H2,1-2H3,(H,16,17). The highest BCUT2D eigenvalue weighted by Crippen LogP contribution is 2.09. The lowest BCUT2D eigenvalue weighted by molar-refractivity contribution is 0.0685. The van der Waals surface area contributed by atoms with Crippen LogP contribution in [0.15, 0.2) is 24.4 Å². The van der Waals surface area contributed by atoms with Gasteiger partial charge in [-0.2, -0.15) is 0 Å². The second-order valence-electron chi connectivity index (χ2n) is 3.85. The van der Waals surface area contributed by atoms with Gasteiger partial charge in [0, 0.05) is 5.69 Å². The Labute approximate surface area is 98.8 Å². The van der Waals surface area contributed by atoms with Crippen LogP contribution in [0.3, 0.4) is 0 Å². The SMILES string of the molecule is Cc1cccc(Cn2c(C(=O)O)cnc2C)n1. The van der Waals surface area contributed by atoms with E-state index in [1.165, 1.54) is 6.20 Å². The summed E-state index contributed by atoms with van der Waals surface area (Å²) in [6.07, 6.45) is 1.37. The van der Waals surface area contributed by atoms with E-state index >= 15 is 0 Å². The second kappa shape index (κ2) is 4.37. The first-order valence-electron chi connectivity index (χ1n) is 5.26. The first-order chi connectivity index (χ1) is 8.08. The summed E-state index contributed by atoms with van der Waals surface area (Å²) in [4.78, 5) is 19.4. The smallest absolute Gasteiger partial charge is 0.354 e. The zero-order chi connectivity index (χ0) is 12.4. The van der Waals surface area contributed by atoms with Gasteiger partial charge in [0.15, 0.2) is 0 Å². The molecule has 0 spiro atoms. The summed E-state index contributed by atoms with van der Waals surface area (Å²) in [6.45, 7) is 4.11. The Morgan fingerprint density at radius 2 is 2.18 bits per heavy atom. The van der Waals surface area contributed by atoms with Crippen molar-refractivity contribution in [2.75, 3.05) is 0 Å². The maximum Gasteiger partial charge on any atom is 0.354 e. The molecule has 0 bridgehead atoms. The molecule has 5 heteroatoms.